The monoisotopic (exact) mass is 341 g/mol. The van der Waals surface area contributed by atoms with Crippen molar-refractivity contribution in [3.05, 3.63) is 0 Å². The van der Waals surface area contributed by atoms with Crippen molar-refractivity contribution in [2.75, 3.05) is 53.7 Å². The molecule has 0 aromatic heterocycles. The van der Waals surface area contributed by atoms with E-state index in [1.165, 1.54) is 19.3 Å². The van der Waals surface area contributed by atoms with Crippen LogP contribution in [0.25, 0.3) is 0 Å². The number of hydrogen-bond acceptors (Lipinski definition) is 4. The summed E-state index contributed by atoms with van der Waals surface area (Å²) in [5.74, 6) is 0.893. The third kappa shape index (κ3) is 6.57. The molecule has 0 atom stereocenters. The van der Waals surface area contributed by atoms with E-state index in [4.69, 9.17) is 14.2 Å². The van der Waals surface area contributed by atoms with Gasteiger partial charge in [0, 0.05) is 53.7 Å². The van der Waals surface area contributed by atoms with Crippen LogP contribution in [0, 0.1) is 5.41 Å². The lowest BCUT2D eigenvalue weighted by atomic mass is 9.67. The van der Waals surface area contributed by atoms with Gasteiger partial charge in [-0.15, -0.1) is 0 Å². The second-order valence-electron chi connectivity index (χ2n) is 6.98. The summed E-state index contributed by atoms with van der Waals surface area (Å²) in [4.78, 5) is 4.32. The molecule has 1 heterocycles. The number of ether oxygens (including phenoxy) is 3. The molecule has 0 unspecified atom stereocenters. The second kappa shape index (κ2) is 10.9. The summed E-state index contributed by atoms with van der Waals surface area (Å²) in [6.45, 7) is 5.18. The van der Waals surface area contributed by atoms with Gasteiger partial charge >= 0.3 is 0 Å². The lowest BCUT2D eigenvalue weighted by Gasteiger charge is -2.42. The third-order valence-corrected chi connectivity index (χ3v) is 5.24. The van der Waals surface area contributed by atoms with E-state index in [0.29, 0.717) is 11.5 Å². The highest BCUT2D eigenvalue weighted by Gasteiger charge is 2.36. The molecule has 0 aromatic carbocycles. The summed E-state index contributed by atoms with van der Waals surface area (Å²) in [6, 6.07) is 0. The van der Waals surface area contributed by atoms with Crippen molar-refractivity contribution in [1.82, 2.24) is 10.6 Å². The van der Waals surface area contributed by atoms with Crippen LogP contribution in [0.3, 0.4) is 0 Å². The van der Waals surface area contributed by atoms with E-state index >= 15 is 0 Å². The van der Waals surface area contributed by atoms with Gasteiger partial charge in [-0.2, -0.15) is 0 Å². The summed E-state index contributed by atoms with van der Waals surface area (Å²) in [5.41, 5.74) is 0.403. The van der Waals surface area contributed by atoms with Crippen molar-refractivity contribution in [1.29, 1.82) is 0 Å². The number of hydrogen-bond donors (Lipinski definition) is 2. The van der Waals surface area contributed by atoms with Gasteiger partial charge in [-0.25, -0.2) is 0 Å². The van der Waals surface area contributed by atoms with Gasteiger partial charge < -0.3 is 24.8 Å². The molecule has 0 aromatic rings. The van der Waals surface area contributed by atoms with Crippen molar-refractivity contribution >= 4 is 5.96 Å². The summed E-state index contributed by atoms with van der Waals surface area (Å²) in [6.07, 6.45) is 8.48. The van der Waals surface area contributed by atoms with Gasteiger partial charge in [0.25, 0.3) is 0 Å². The number of guanidine groups is 1. The van der Waals surface area contributed by atoms with E-state index in [1.54, 1.807) is 7.11 Å². The standard InChI is InChI=1S/C18H35N3O3/c1-19-17(21-15-18(7-3-8-18)9-14-22-2)20-10-4-11-24-16-5-12-23-13-6-16/h16H,3-15H2,1-2H3,(H2,19,20,21). The summed E-state index contributed by atoms with van der Waals surface area (Å²) < 4.78 is 16.5. The zero-order valence-electron chi connectivity index (χ0n) is 15.4. The Hall–Kier alpha value is -0.850. The normalized spacial score (nSPS) is 21.3. The van der Waals surface area contributed by atoms with Crippen molar-refractivity contribution < 1.29 is 14.2 Å². The van der Waals surface area contributed by atoms with E-state index in [2.05, 4.69) is 15.6 Å². The number of methoxy groups -OCH3 is 1. The number of nitrogens with zero attached hydrogens (tertiary/aromatic N) is 1. The molecule has 140 valence electrons. The molecule has 24 heavy (non-hydrogen) atoms. The molecule has 6 nitrogen and oxygen atoms in total. The molecular weight excluding hydrogens is 306 g/mol. The van der Waals surface area contributed by atoms with Crippen LogP contribution in [0.5, 0.6) is 0 Å². The number of aliphatic imine (C=N–C) groups is 1. The van der Waals surface area contributed by atoms with E-state index in [-0.39, 0.29) is 0 Å². The maximum atomic E-state index is 5.89. The average Bonchev–Trinajstić information content (AvgIpc) is 2.59. The molecule has 2 aliphatic rings. The van der Waals surface area contributed by atoms with E-state index < -0.39 is 0 Å². The minimum atomic E-state index is 0.385. The van der Waals surface area contributed by atoms with Crippen LogP contribution in [-0.4, -0.2) is 65.7 Å². The third-order valence-electron chi connectivity index (χ3n) is 5.24. The largest absolute Gasteiger partial charge is 0.385 e. The highest BCUT2D eigenvalue weighted by atomic mass is 16.5. The van der Waals surface area contributed by atoms with Gasteiger partial charge in [0.05, 0.1) is 6.10 Å². The summed E-state index contributed by atoms with van der Waals surface area (Å²) in [7, 11) is 3.61. The Labute approximate surface area is 146 Å². The maximum Gasteiger partial charge on any atom is 0.190 e. The van der Waals surface area contributed by atoms with Crippen LogP contribution in [0.2, 0.25) is 0 Å². The molecular formula is C18H35N3O3. The molecule has 6 heteroatoms. The fourth-order valence-corrected chi connectivity index (χ4v) is 3.37. The zero-order chi connectivity index (χ0) is 17.1. The molecule has 0 spiro atoms. The Morgan fingerprint density at radius 3 is 2.62 bits per heavy atom. The smallest absolute Gasteiger partial charge is 0.190 e. The fraction of sp³-hybridized carbons (Fsp3) is 0.944. The first kappa shape index (κ1) is 19.5. The first-order valence-electron chi connectivity index (χ1n) is 9.41. The Bertz CT molecular complexity index is 367. The van der Waals surface area contributed by atoms with Crippen molar-refractivity contribution in [2.24, 2.45) is 10.4 Å². The van der Waals surface area contributed by atoms with Crippen molar-refractivity contribution in [2.45, 2.75) is 51.0 Å². The van der Waals surface area contributed by atoms with Crippen molar-refractivity contribution in [3.8, 4) is 0 Å². The zero-order valence-corrected chi connectivity index (χ0v) is 15.4. The maximum absolute atomic E-state index is 5.89. The van der Waals surface area contributed by atoms with Crippen LogP contribution in [0.15, 0.2) is 4.99 Å². The highest BCUT2D eigenvalue weighted by molar-refractivity contribution is 5.79. The predicted molar refractivity (Wildman–Crippen MR) is 96.6 cm³/mol. The molecule has 1 saturated heterocycles. The van der Waals surface area contributed by atoms with Crippen LogP contribution in [-0.2, 0) is 14.2 Å². The molecule has 0 bridgehead atoms. The van der Waals surface area contributed by atoms with Crippen LogP contribution < -0.4 is 10.6 Å². The van der Waals surface area contributed by atoms with Crippen LogP contribution in [0.1, 0.15) is 44.9 Å². The molecule has 0 amide bonds. The number of rotatable bonds is 10. The molecule has 1 aliphatic carbocycles. The molecule has 2 fully saturated rings. The first-order valence-corrected chi connectivity index (χ1v) is 9.41. The topological polar surface area (TPSA) is 64.1 Å². The Kier molecular flexibility index (Phi) is 8.84. The van der Waals surface area contributed by atoms with Crippen LogP contribution >= 0.6 is 0 Å². The Morgan fingerprint density at radius 1 is 1.21 bits per heavy atom. The Morgan fingerprint density at radius 2 is 2.00 bits per heavy atom. The molecule has 1 saturated carbocycles. The first-order chi connectivity index (χ1) is 11.8. The van der Waals surface area contributed by atoms with E-state index in [9.17, 15) is 0 Å². The van der Waals surface area contributed by atoms with E-state index in [0.717, 1.165) is 71.2 Å². The van der Waals surface area contributed by atoms with Gasteiger partial charge in [-0.1, -0.05) is 6.42 Å². The minimum absolute atomic E-state index is 0.385. The molecule has 2 N–H and O–H groups in total. The molecule has 2 rings (SSSR count). The number of nitrogens with one attached hydrogen (secondary N) is 2. The van der Waals surface area contributed by atoms with Gasteiger partial charge in [-0.05, 0) is 43.9 Å². The van der Waals surface area contributed by atoms with Gasteiger partial charge in [0.15, 0.2) is 5.96 Å². The fourth-order valence-electron chi connectivity index (χ4n) is 3.37. The second-order valence-corrected chi connectivity index (χ2v) is 6.98. The average molecular weight is 341 g/mol. The van der Waals surface area contributed by atoms with Crippen LogP contribution in [0.4, 0.5) is 0 Å². The molecule has 0 radical (unpaired) electrons. The Balaban J connectivity index is 1.55. The van der Waals surface area contributed by atoms with Gasteiger partial charge in [0.2, 0.25) is 0 Å². The van der Waals surface area contributed by atoms with Gasteiger partial charge in [0.1, 0.15) is 0 Å². The van der Waals surface area contributed by atoms with E-state index in [1.807, 2.05) is 7.05 Å². The quantitative estimate of drug-likeness (QED) is 0.361. The van der Waals surface area contributed by atoms with Gasteiger partial charge in [-0.3, -0.25) is 4.99 Å². The molecule has 1 aliphatic heterocycles. The minimum Gasteiger partial charge on any atom is -0.385 e. The summed E-state index contributed by atoms with van der Waals surface area (Å²) >= 11 is 0. The lowest BCUT2D eigenvalue weighted by Crippen LogP contribution is -2.47. The summed E-state index contributed by atoms with van der Waals surface area (Å²) in [5, 5.41) is 6.87. The van der Waals surface area contributed by atoms with Crippen molar-refractivity contribution in [3.63, 3.8) is 0 Å². The SMILES string of the molecule is CN=C(NCCCOC1CCOCC1)NCC1(CCOC)CCC1. The predicted octanol–water partition coefficient (Wildman–Crippen LogP) is 1.94. The highest BCUT2D eigenvalue weighted by Crippen LogP contribution is 2.43. The lowest BCUT2D eigenvalue weighted by molar-refractivity contribution is -0.0320.